The molecule has 2 aromatic carbocycles. The van der Waals surface area contributed by atoms with Crippen LogP contribution < -0.4 is 29.6 Å². The van der Waals surface area contributed by atoms with Crippen LogP contribution in [0, 0.1) is 0 Å². The van der Waals surface area contributed by atoms with E-state index in [-0.39, 0.29) is 6.10 Å². The lowest BCUT2D eigenvalue weighted by Crippen LogP contribution is -2.41. The van der Waals surface area contributed by atoms with Crippen molar-refractivity contribution in [3.05, 3.63) is 48.0 Å². The maximum Gasteiger partial charge on any atom is 0.191 e. The summed E-state index contributed by atoms with van der Waals surface area (Å²) in [6.07, 6.45) is -0.0784. The SMILES string of the molecule is CN=C(NCc1ccc(OC)cc1OC)NCC(C)Oc1ccccc1OC. The molecular formula is C21H29N3O4. The monoisotopic (exact) mass is 387 g/mol. The van der Waals surface area contributed by atoms with Crippen molar-refractivity contribution in [3.63, 3.8) is 0 Å². The summed E-state index contributed by atoms with van der Waals surface area (Å²) in [6.45, 7) is 3.13. The molecule has 0 saturated heterocycles. The van der Waals surface area contributed by atoms with Crippen LogP contribution in [0.2, 0.25) is 0 Å². The summed E-state index contributed by atoms with van der Waals surface area (Å²) in [6, 6.07) is 13.3. The number of ether oxygens (including phenoxy) is 4. The average Bonchev–Trinajstić information content (AvgIpc) is 2.74. The summed E-state index contributed by atoms with van der Waals surface area (Å²) >= 11 is 0. The third-order valence-electron chi connectivity index (χ3n) is 4.12. The summed E-state index contributed by atoms with van der Waals surface area (Å²) in [5.74, 6) is 3.61. The minimum Gasteiger partial charge on any atom is -0.497 e. The van der Waals surface area contributed by atoms with Crippen LogP contribution in [-0.4, -0.2) is 47.0 Å². The fourth-order valence-electron chi connectivity index (χ4n) is 2.61. The molecule has 1 unspecified atom stereocenters. The molecule has 7 nitrogen and oxygen atoms in total. The first-order chi connectivity index (χ1) is 13.6. The van der Waals surface area contributed by atoms with Crippen molar-refractivity contribution in [1.82, 2.24) is 10.6 Å². The van der Waals surface area contributed by atoms with E-state index in [1.54, 1.807) is 28.4 Å². The first kappa shape index (κ1) is 21.2. The summed E-state index contributed by atoms with van der Waals surface area (Å²) < 4.78 is 21.9. The molecule has 0 aliphatic carbocycles. The Morgan fingerprint density at radius 2 is 1.64 bits per heavy atom. The molecule has 7 heteroatoms. The molecule has 0 bridgehead atoms. The third-order valence-corrected chi connectivity index (χ3v) is 4.12. The predicted molar refractivity (Wildman–Crippen MR) is 111 cm³/mol. The van der Waals surface area contributed by atoms with Crippen LogP contribution in [0.4, 0.5) is 0 Å². The molecule has 0 aliphatic heterocycles. The van der Waals surface area contributed by atoms with Crippen LogP contribution in [0.5, 0.6) is 23.0 Å². The second kappa shape index (κ2) is 10.9. The van der Waals surface area contributed by atoms with Crippen molar-refractivity contribution in [2.24, 2.45) is 4.99 Å². The fraction of sp³-hybridized carbons (Fsp3) is 0.381. The van der Waals surface area contributed by atoms with Gasteiger partial charge in [0.25, 0.3) is 0 Å². The highest BCUT2D eigenvalue weighted by molar-refractivity contribution is 5.79. The van der Waals surface area contributed by atoms with Gasteiger partial charge in [-0.25, -0.2) is 0 Å². The number of rotatable bonds is 9. The molecule has 0 radical (unpaired) electrons. The molecule has 2 aromatic rings. The molecule has 0 aliphatic rings. The Morgan fingerprint density at radius 1 is 0.929 bits per heavy atom. The normalized spacial score (nSPS) is 12.1. The molecule has 0 aromatic heterocycles. The maximum atomic E-state index is 5.95. The highest BCUT2D eigenvalue weighted by atomic mass is 16.5. The smallest absolute Gasteiger partial charge is 0.191 e. The summed E-state index contributed by atoms with van der Waals surface area (Å²) in [5, 5.41) is 6.54. The zero-order valence-corrected chi connectivity index (χ0v) is 17.1. The number of hydrogen-bond acceptors (Lipinski definition) is 5. The number of aliphatic imine (C=N–C) groups is 1. The number of nitrogens with zero attached hydrogens (tertiary/aromatic N) is 1. The van der Waals surface area contributed by atoms with E-state index in [0.29, 0.717) is 30.5 Å². The van der Waals surface area contributed by atoms with Gasteiger partial charge in [-0.15, -0.1) is 0 Å². The number of methoxy groups -OCH3 is 3. The quantitative estimate of drug-likeness (QED) is 0.509. The van der Waals surface area contributed by atoms with Gasteiger partial charge < -0.3 is 29.6 Å². The highest BCUT2D eigenvalue weighted by Crippen LogP contribution is 2.26. The number of nitrogens with one attached hydrogen (secondary N) is 2. The number of benzene rings is 2. The largest absolute Gasteiger partial charge is 0.497 e. The van der Waals surface area contributed by atoms with Crippen molar-refractivity contribution in [2.75, 3.05) is 34.9 Å². The highest BCUT2D eigenvalue weighted by Gasteiger charge is 2.10. The molecule has 2 N–H and O–H groups in total. The van der Waals surface area contributed by atoms with Gasteiger partial charge in [0, 0.05) is 25.2 Å². The van der Waals surface area contributed by atoms with Crippen molar-refractivity contribution in [3.8, 4) is 23.0 Å². The van der Waals surface area contributed by atoms with E-state index in [9.17, 15) is 0 Å². The molecule has 0 heterocycles. The van der Waals surface area contributed by atoms with E-state index in [2.05, 4.69) is 15.6 Å². The first-order valence-electron chi connectivity index (χ1n) is 9.06. The van der Waals surface area contributed by atoms with Crippen LogP contribution in [0.3, 0.4) is 0 Å². The van der Waals surface area contributed by atoms with Crippen molar-refractivity contribution < 1.29 is 18.9 Å². The fourth-order valence-corrected chi connectivity index (χ4v) is 2.61. The minimum absolute atomic E-state index is 0.0784. The van der Waals surface area contributed by atoms with Gasteiger partial charge in [0.05, 0.1) is 27.9 Å². The minimum atomic E-state index is -0.0784. The third kappa shape index (κ3) is 5.97. The Hall–Kier alpha value is -3.09. The number of hydrogen-bond donors (Lipinski definition) is 2. The molecule has 1 atom stereocenters. The zero-order valence-electron chi connectivity index (χ0n) is 17.1. The van der Waals surface area contributed by atoms with Crippen molar-refractivity contribution in [1.29, 1.82) is 0 Å². The molecule has 0 amide bonds. The van der Waals surface area contributed by atoms with Gasteiger partial charge in [0.1, 0.15) is 17.6 Å². The van der Waals surface area contributed by atoms with Crippen LogP contribution in [0.15, 0.2) is 47.5 Å². The molecule has 0 saturated carbocycles. The topological polar surface area (TPSA) is 73.3 Å². The molecule has 2 rings (SSSR count). The van der Waals surface area contributed by atoms with E-state index < -0.39 is 0 Å². The lowest BCUT2D eigenvalue weighted by molar-refractivity contribution is 0.213. The van der Waals surface area contributed by atoms with E-state index in [4.69, 9.17) is 18.9 Å². The average molecular weight is 387 g/mol. The molecule has 0 spiro atoms. The van der Waals surface area contributed by atoms with E-state index in [0.717, 1.165) is 17.1 Å². The van der Waals surface area contributed by atoms with Crippen LogP contribution >= 0.6 is 0 Å². The van der Waals surface area contributed by atoms with Gasteiger partial charge in [-0.05, 0) is 31.2 Å². The zero-order chi connectivity index (χ0) is 20.4. The van der Waals surface area contributed by atoms with E-state index in [1.807, 2.05) is 49.4 Å². The van der Waals surface area contributed by atoms with Crippen molar-refractivity contribution in [2.45, 2.75) is 19.6 Å². The number of guanidine groups is 1. The second-order valence-electron chi connectivity index (χ2n) is 6.06. The predicted octanol–water partition coefficient (Wildman–Crippen LogP) is 2.84. The molecular weight excluding hydrogens is 358 g/mol. The first-order valence-corrected chi connectivity index (χ1v) is 9.06. The van der Waals surface area contributed by atoms with Gasteiger partial charge in [-0.1, -0.05) is 12.1 Å². The Balaban J connectivity index is 1.87. The van der Waals surface area contributed by atoms with Crippen LogP contribution in [-0.2, 0) is 6.54 Å². The lowest BCUT2D eigenvalue weighted by atomic mass is 10.2. The molecule has 28 heavy (non-hydrogen) atoms. The van der Waals surface area contributed by atoms with Gasteiger partial charge >= 0.3 is 0 Å². The van der Waals surface area contributed by atoms with Gasteiger partial charge in [-0.3, -0.25) is 4.99 Å². The summed E-state index contributed by atoms with van der Waals surface area (Å²) in [7, 11) is 6.63. The standard InChI is InChI=1S/C21H29N3O4/c1-15(28-19-9-7-6-8-18(19)26-4)13-23-21(22-2)24-14-16-10-11-17(25-3)12-20(16)27-5/h6-12,15H,13-14H2,1-5H3,(H2,22,23,24). The Labute approximate surface area is 166 Å². The summed E-state index contributed by atoms with van der Waals surface area (Å²) in [5.41, 5.74) is 1.00. The maximum absolute atomic E-state index is 5.95. The van der Waals surface area contributed by atoms with E-state index in [1.165, 1.54) is 0 Å². The van der Waals surface area contributed by atoms with Crippen molar-refractivity contribution >= 4 is 5.96 Å². The lowest BCUT2D eigenvalue weighted by Gasteiger charge is -2.19. The van der Waals surface area contributed by atoms with Crippen LogP contribution in [0.25, 0.3) is 0 Å². The second-order valence-corrected chi connectivity index (χ2v) is 6.06. The number of para-hydroxylation sites is 2. The summed E-state index contributed by atoms with van der Waals surface area (Å²) in [4.78, 5) is 4.25. The molecule has 0 fully saturated rings. The van der Waals surface area contributed by atoms with Gasteiger partial charge in [-0.2, -0.15) is 0 Å². The van der Waals surface area contributed by atoms with Crippen LogP contribution in [0.1, 0.15) is 12.5 Å². The Morgan fingerprint density at radius 3 is 2.29 bits per heavy atom. The van der Waals surface area contributed by atoms with Gasteiger partial charge in [0.2, 0.25) is 0 Å². The molecule has 152 valence electrons. The van der Waals surface area contributed by atoms with E-state index >= 15 is 0 Å². The van der Waals surface area contributed by atoms with Gasteiger partial charge in [0.15, 0.2) is 17.5 Å². The Kier molecular flexibility index (Phi) is 8.27. The Bertz CT molecular complexity index is 780.